The van der Waals surface area contributed by atoms with Crippen LogP contribution in [0.2, 0.25) is 0 Å². The first-order valence-electron chi connectivity index (χ1n) is 9.00. The standard InChI is InChI=1S/C22H22O7/c1-6-28-22(24)14-10-17(27-5)20-18(11-14)29-12(2)19(21(20)23)13-7-8-15(25-3)16(9-13)26-4/h7-11H,6H2,1-5H3. The Balaban J connectivity index is 2.27. The van der Waals surface area contributed by atoms with Crippen LogP contribution < -0.4 is 19.6 Å². The molecule has 3 rings (SSSR count). The highest BCUT2D eigenvalue weighted by Gasteiger charge is 2.21. The molecule has 0 aliphatic rings. The topological polar surface area (TPSA) is 84.2 Å². The van der Waals surface area contributed by atoms with Gasteiger partial charge in [-0.05, 0) is 43.7 Å². The second kappa shape index (κ2) is 8.26. The van der Waals surface area contributed by atoms with Crippen LogP contribution in [0.15, 0.2) is 39.5 Å². The fraction of sp³-hybridized carbons (Fsp3) is 0.273. The lowest BCUT2D eigenvalue weighted by Gasteiger charge is -2.13. The van der Waals surface area contributed by atoms with E-state index in [4.69, 9.17) is 23.4 Å². The van der Waals surface area contributed by atoms with Crippen LogP contribution >= 0.6 is 0 Å². The summed E-state index contributed by atoms with van der Waals surface area (Å²) < 4.78 is 26.9. The summed E-state index contributed by atoms with van der Waals surface area (Å²) in [6.45, 7) is 3.65. The van der Waals surface area contributed by atoms with Crippen molar-refractivity contribution >= 4 is 16.9 Å². The van der Waals surface area contributed by atoms with Gasteiger partial charge in [-0.1, -0.05) is 6.07 Å². The van der Waals surface area contributed by atoms with Crippen LogP contribution in [0, 0.1) is 6.92 Å². The number of carbonyl (C=O) groups excluding carboxylic acids is 1. The first kappa shape index (κ1) is 20.3. The van der Waals surface area contributed by atoms with Gasteiger partial charge in [-0.2, -0.15) is 0 Å². The molecule has 0 N–H and O–H groups in total. The van der Waals surface area contributed by atoms with E-state index in [-0.39, 0.29) is 34.3 Å². The van der Waals surface area contributed by atoms with Crippen molar-refractivity contribution in [3.8, 4) is 28.4 Å². The van der Waals surface area contributed by atoms with E-state index >= 15 is 0 Å². The van der Waals surface area contributed by atoms with Crippen LogP contribution in [0.3, 0.4) is 0 Å². The second-order valence-electron chi connectivity index (χ2n) is 6.20. The van der Waals surface area contributed by atoms with E-state index in [9.17, 15) is 9.59 Å². The van der Waals surface area contributed by atoms with E-state index < -0.39 is 5.97 Å². The summed E-state index contributed by atoms with van der Waals surface area (Å²) in [6.07, 6.45) is 0. The highest BCUT2D eigenvalue weighted by molar-refractivity contribution is 5.97. The average molecular weight is 398 g/mol. The molecular formula is C22H22O7. The predicted molar refractivity (Wildman–Crippen MR) is 108 cm³/mol. The Morgan fingerprint density at radius 1 is 0.966 bits per heavy atom. The highest BCUT2D eigenvalue weighted by Crippen LogP contribution is 2.35. The number of benzene rings is 2. The quantitative estimate of drug-likeness (QED) is 0.581. The number of methoxy groups -OCH3 is 3. The number of aryl methyl sites for hydroxylation is 1. The first-order chi connectivity index (χ1) is 13.9. The number of hydrogen-bond donors (Lipinski definition) is 0. The predicted octanol–water partition coefficient (Wildman–Crippen LogP) is 3.97. The molecule has 7 nitrogen and oxygen atoms in total. The monoisotopic (exact) mass is 398 g/mol. The lowest BCUT2D eigenvalue weighted by atomic mass is 10.0. The Morgan fingerprint density at radius 3 is 2.28 bits per heavy atom. The Labute approximate surface area is 167 Å². The fourth-order valence-corrected chi connectivity index (χ4v) is 3.21. The molecule has 0 fully saturated rings. The zero-order chi connectivity index (χ0) is 21.1. The third-order valence-electron chi connectivity index (χ3n) is 4.54. The maximum Gasteiger partial charge on any atom is 0.338 e. The fourth-order valence-electron chi connectivity index (χ4n) is 3.21. The molecule has 0 saturated heterocycles. The van der Waals surface area contributed by atoms with Crippen LogP contribution in [0.5, 0.6) is 17.2 Å². The molecule has 0 bridgehead atoms. The van der Waals surface area contributed by atoms with Crippen molar-refractivity contribution in [1.29, 1.82) is 0 Å². The Hall–Kier alpha value is -3.48. The van der Waals surface area contributed by atoms with Crippen molar-refractivity contribution in [2.24, 2.45) is 0 Å². The van der Waals surface area contributed by atoms with Crippen LogP contribution in [0.25, 0.3) is 22.1 Å². The molecule has 1 heterocycles. The van der Waals surface area contributed by atoms with E-state index in [0.29, 0.717) is 28.4 Å². The van der Waals surface area contributed by atoms with Gasteiger partial charge in [0.15, 0.2) is 11.5 Å². The number of rotatable bonds is 6. The van der Waals surface area contributed by atoms with Gasteiger partial charge in [0, 0.05) is 0 Å². The number of hydrogen-bond acceptors (Lipinski definition) is 7. The van der Waals surface area contributed by atoms with Crippen LogP contribution in [0.4, 0.5) is 0 Å². The van der Waals surface area contributed by atoms with E-state index in [1.807, 2.05) is 0 Å². The van der Waals surface area contributed by atoms with E-state index in [1.165, 1.54) is 26.4 Å². The van der Waals surface area contributed by atoms with Crippen LogP contribution in [-0.4, -0.2) is 33.9 Å². The molecule has 3 aromatic rings. The van der Waals surface area contributed by atoms with Gasteiger partial charge >= 0.3 is 5.97 Å². The molecule has 7 heteroatoms. The summed E-state index contributed by atoms with van der Waals surface area (Å²) in [7, 11) is 4.50. The third-order valence-corrected chi connectivity index (χ3v) is 4.54. The van der Waals surface area contributed by atoms with Crippen molar-refractivity contribution in [1.82, 2.24) is 0 Å². The highest BCUT2D eigenvalue weighted by atomic mass is 16.5. The Bertz CT molecular complexity index is 1130. The van der Waals surface area contributed by atoms with Gasteiger partial charge in [0.2, 0.25) is 5.43 Å². The van der Waals surface area contributed by atoms with E-state index in [2.05, 4.69) is 0 Å². The normalized spacial score (nSPS) is 10.7. The van der Waals surface area contributed by atoms with Gasteiger partial charge in [-0.15, -0.1) is 0 Å². The number of ether oxygens (including phenoxy) is 4. The SMILES string of the molecule is CCOC(=O)c1cc(OC)c2c(=O)c(-c3ccc(OC)c(OC)c3)c(C)oc2c1. The zero-order valence-electron chi connectivity index (χ0n) is 17.0. The largest absolute Gasteiger partial charge is 0.496 e. The van der Waals surface area contributed by atoms with Gasteiger partial charge < -0.3 is 23.4 Å². The van der Waals surface area contributed by atoms with Gasteiger partial charge in [-0.3, -0.25) is 4.79 Å². The molecule has 1 aromatic heterocycles. The minimum atomic E-state index is -0.517. The molecule has 0 amide bonds. The van der Waals surface area contributed by atoms with Gasteiger partial charge in [0.05, 0.1) is 39.1 Å². The minimum absolute atomic E-state index is 0.237. The lowest BCUT2D eigenvalue weighted by molar-refractivity contribution is 0.0526. The van der Waals surface area contributed by atoms with Crippen LogP contribution in [-0.2, 0) is 4.74 Å². The van der Waals surface area contributed by atoms with Gasteiger partial charge in [0.25, 0.3) is 0 Å². The maximum absolute atomic E-state index is 13.4. The lowest BCUT2D eigenvalue weighted by Crippen LogP contribution is -2.11. The van der Waals surface area contributed by atoms with Crippen molar-refractivity contribution in [3.05, 3.63) is 51.9 Å². The van der Waals surface area contributed by atoms with Crippen molar-refractivity contribution in [3.63, 3.8) is 0 Å². The van der Waals surface area contributed by atoms with Gasteiger partial charge in [0.1, 0.15) is 22.5 Å². The summed E-state index contributed by atoms with van der Waals surface area (Å²) >= 11 is 0. The molecule has 0 atom stereocenters. The van der Waals surface area contributed by atoms with Crippen molar-refractivity contribution in [2.45, 2.75) is 13.8 Å². The Kier molecular flexibility index (Phi) is 5.77. The molecule has 2 aromatic carbocycles. The molecule has 0 aliphatic carbocycles. The van der Waals surface area contributed by atoms with Crippen molar-refractivity contribution < 1.29 is 28.2 Å². The van der Waals surface area contributed by atoms with Crippen LogP contribution in [0.1, 0.15) is 23.0 Å². The minimum Gasteiger partial charge on any atom is -0.496 e. The third kappa shape index (κ3) is 3.63. The summed E-state index contributed by atoms with van der Waals surface area (Å²) in [5.74, 6) is 1.17. The summed E-state index contributed by atoms with van der Waals surface area (Å²) in [6, 6.07) is 8.15. The zero-order valence-corrected chi connectivity index (χ0v) is 17.0. The molecule has 0 unspecified atom stereocenters. The summed E-state index contributed by atoms with van der Waals surface area (Å²) in [5, 5.41) is 0.246. The molecule has 0 spiro atoms. The molecule has 152 valence electrons. The number of esters is 1. The van der Waals surface area contributed by atoms with E-state index in [1.54, 1.807) is 39.2 Å². The van der Waals surface area contributed by atoms with Crippen molar-refractivity contribution in [2.75, 3.05) is 27.9 Å². The van der Waals surface area contributed by atoms with E-state index in [0.717, 1.165) is 0 Å². The number of fused-ring (bicyclic) bond motifs is 1. The molecule has 0 radical (unpaired) electrons. The van der Waals surface area contributed by atoms with Gasteiger partial charge in [-0.25, -0.2) is 4.79 Å². The molecule has 0 saturated carbocycles. The smallest absolute Gasteiger partial charge is 0.338 e. The number of carbonyl (C=O) groups is 1. The average Bonchev–Trinajstić information content (AvgIpc) is 2.72. The maximum atomic E-state index is 13.4. The molecular weight excluding hydrogens is 376 g/mol. The first-order valence-corrected chi connectivity index (χ1v) is 9.00. The second-order valence-corrected chi connectivity index (χ2v) is 6.20. The Morgan fingerprint density at radius 2 is 1.66 bits per heavy atom. The molecule has 29 heavy (non-hydrogen) atoms. The summed E-state index contributed by atoms with van der Waals surface area (Å²) in [4.78, 5) is 25.5. The molecule has 0 aliphatic heterocycles. The summed E-state index contributed by atoms with van der Waals surface area (Å²) in [5.41, 5.74) is 1.22.